The van der Waals surface area contributed by atoms with Crippen LogP contribution in [0.25, 0.3) is 0 Å². The molecule has 0 aromatic heterocycles. The lowest BCUT2D eigenvalue weighted by atomic mass is 9.97. The summed E-state index contributed by atoms with van der Waals surface area (Å²) in [5.41, 5.74) is 1.91. The number of carbonyl (C=O) groups excluding carboxylic acids is 2. The number of piperazine rings is 1. The van der Waals surface area contributed by atoms with Crippen LogP contribution >= 0.6 is 0 Å². The van der Waals surface area contributed by atoms with Crippen molar-refractivity contribution in [3.63, 3.8) is 0 Å². The van der Waals surface area contributed by atoms with Crippen molar-refractivity contribution in [2.24, 2.45) is 0 Å². The molecule has 0 spiro atoms. The van der Waals surface area contributed by atoms with Crippen molar-refractivity contribution in [1.82, 2.24) is 10.2 Å². The molecule has 21 heavy (non-hydrogen) atoms. The molecule has 5 nitrogen and oxygen atoms in total. The summed E-state index contributed by atoms with van der Waals surface area (Å²) in [6.07, 6.45) is 1.27. The minimum absolute atomic E-state index is 0.0596. The number of amides is 2. The van der Waals surface area contributed by atoms with Gasteiger partial charge in [0, 0.05) is 19.7 Å². The van der Waals surface area contributed by atoms with E-state index in [4.69, 9.17) is 4.74 Å². The van der Waals surface area contributed by atoms with Crippen LogP contribution in [0.15, 0.2) is 24.3 Å². The van der Waals surface area contributed by atoms with Crippen molar-refractivity contribution in [2.75, 3.05) is 19.7 Å². The van der Waals surface area contributed by atoms with E-state index >= 15 is 0 Å². The van der Waals surface area contributed by atoms with Crippen LogP contribution in [-0.2, 0) is 14.3 Å². The highest BCUT2D eigenvalue weighted by Gasteiger charge is 2.38. The van der Waals surface area contributed by atoms with Gasteiger partial charge in [0.05, 0.1) is 0 Å². The van der Waals surface area contributed by atoms with E-state index in [0.29, 0.717) is 19.7 Å². The SMILES string of the molecule is Cc1ccccc1C1C(=O)NCCN1C(=O)C1CCCO1. The zero-order valence-corrected chi connectivity index (χ0v) is 12.2. The smallest absolute Gasteiger partial charge is 0.252 e. The van der Waals surface area contributed by atoms with E-state index in [1.165, 1.54) is 0 Å². The average Bonchev–Trinajstić information content (AvgIpc) is 3.01. The van der Waals surface area contributed by atoms with Crippen LogP contribution in [0.5, 0.6) is 0 Å². The fourth-order valence-electron chi connectivity index (χ4n) is 3.06. The van der Waals surface area contributed by atoms with Crippen molar-refractivity contribution in [1.29, 1.82) is 0 Å². The molecule has 0 radical (unpaired) electrons. The Bertz CT molecular complexity index is 552. The first kappa shape index (κ1) is 14.1. The number of hydrogen-bond donors (Lipinski definition) is 1. The Hall–Kier alpha value is -1.88. The lowest BCUT2D eigenvalue weighted by molar-refractivity contribution is -0.150. The van der Waals surface area contributed by atoms with Crippen molar-refractivity contribution in [2.45, 2.75) is 31.9 Å². The molecule has 2 aliphatic heterocycles. The Morgan fingerprint density at radius 2 is 2.19 bits per heavy atom. The fourth-order valence-corrected chi connectivity index (χ4v) is 3.06. The Morgan fingerprint density at radius 3 is 2.90 bits per heavy atom. The van der Waals surface area contributed by atoms with Crippen LogP contribution in [0.3, 0.4) is 0 Å². The van der Waals surface area contributed by atoms with Gasteiger partial charge in [-0.05, 0) is 30.9 Å². The van der Waals surface area contributed by atoms with E-state index in [1.54, 1.807) is 4.90 Å². The second kappa shape index (κ2) is 5.85. The summed E-state index contributed by atoms with van der Waals surface area (Å²) < 4.78 is 5.49. The molecule has 1 aromatic rings. The minimum atomic E-state index is -0.545. The first-order chi connectivity index (χ1) is 10.2. The second-order valence-electron chi connectivity index (χ2n) is 5.58. The predicted molar refractivity (Wildman–Crippen MR) is 77.6 cm³/mol. The Morgan fingerprint density at radius 1 is 1.38 bits per heavy atom. The highest BCUT2D eigenvalue weighted by Crippen LogP contribution is 2.28. The largest absolute Gasteiger partial charge is 0.368 e. The zero-order valence-electron chi connectivity index (χ0n) is 12.2. The van der Waals surface area contributed by atoms with Gasteiger partial charge in [-0.25, -0.2) is 0 Å². The molecule has 3 rings (SSSR count). The van der Waals surface area contributed by atoms with Crippen molar-refractivity contribution < 1.29 is 14.3 Å². The molecule has 2 heterocycles. The maximum atomic E-state index is 12.7. The van der Waals surface area contributed by atoms with Crippen molar-refractivity contribution in [3.8, 4) is 0 Å². The molecule has 1 aromatic carbocycles. The lowest BCUT2D eigenvalue weighted by Gasteiger charge is -2.37. The summed E-state index contributed by atoms with van der Waals surface area (Å²) in [5.74, 6) is -0.169. The van der Waals surface area contributed by atoms with E-state index in [1.807, 2.05) is 31.2 Å². The molecule has 0 saturated carbocycles. The van der Waals surface area contributed by atoms with Crippen LogP contribution < -0.4 is 5.32 Å². The van der Waals surface area contributed by atoms with Crippen LogP contribution in [-0.4, -0.2) is 42.5 Å². The van der Waals surface area contributed by atoms with Gasteiger partial charge in [0.25, 0.3) is 5.91 Å². The van der Waals surface area contributed by atoms with Crippen LogP contribution in [0.1, 0.15) is 30.0 Å². The number of benzene rings is 1. The number of carbonyl (C=O) groups is 2. The number of nitrogens with zero attached hydrogens (tertiary/aromatic N) is 1. The third kappa shape index (κ3) is 2.65. The standard InChI is InChI=1S/C16H20N2O3/c1-11-5-2-3-6-12(11)14-15(19)17-8-9-18(14)16(20)13-7-4-10-21-13/h2-3,5-6,13-14H,4,7-10H2,1H3,(H,17,19). The normalized spacial score (nSPS) is 25.8. The maximum Gasteiger partial charge on any atom is 0.252 e. The van der Waals surface area contributed by atoms with Crippen LogP contribution in [0.2, 0.25) is 0 Å². The molecule has 2 amide bonds. The molecule has 2 saturated heterocycles. The number of ether oxygens (including phenoxy) is 1. The molecule has 112 valence electrons. The van der Waals surface area contributed by atoms with Gasteiger partial charge in [-0.3, -0.25) is 9.59 Å². The third-order valence-electron chi connectivity index (χ3n) is 4.18. The quantitative estimate of drug-likeness (QED) is 0.889. The molecular formula is C16H20N2O3. The van der Waals surface area contributed by atoms with Crippen molar-refractivity contribution >= 4 is 11.8 Å². The molecule has 2 unspecified atom stereocenters. The van der Waals surface area contributed by atoms with Gasteiger partial charge in [0.2, 0.25) is 5.91 Å². The fraction of sp³-hybridized carbons (Fsp3) is 0.500. The van der Waals surface area contributed by atoms with Gasteiger partial charge in [0.15, 0.2) is 0 Å². The first-order valence-corrected chi connectivity index (χ1v) is 7.44. The summed E-state index contributed by atoms with van der Waals surface area (Å²) in [5, 5.41) is 2.86. The first-order valence-electron chi connectivity index (χ1n) is 7.44. The van der Waals surface area contributed by atoms with Gasteiger partial charge in [0.1, 0.15) is 12.1 Å². The van der Waals surface area contributed by atoms with Crippen LogP contribution in [0.4, 0.5) is 0 Å². The summed E-state index contributed by atoms with van der Waals surface area (Å²) in [4.78, 5) is 26.7. The lowest BCUT2D eigenvalue weighted by Crippen LogP contribution is -2.54. The highest BCUT2D eigenvalue weighted by atomic mass is 16.5. The van der Waals surface area contributed by atoms with Gasteiger partial charge in [-0.15, -0.1) is 0 Å². The second-order valence-corrected chi connectivity index (χ2v) is 5.58. The number of hydrogen-bond acceptors (Lipinski definition) is 3. The summed E-state index contributed by atoms with van der Waals surface area (Å²) >= 11 is 0. The van der Waals surface area contributed by atoms with Gasteiger partial charge in [-0.2, -0.15) is 0 Å². The molecule has 2 atom stereocenters. The summed E-state index contributed by atoms with van der Waals surface area (Å²) in [7, 11) is 0. The topological polar surface area (TPSA) is 58.6 Å². The third-order valence-corrected chi connectivity index (χ3v) is 4.18. The van der Waals surface area contributed by atoms with E-state index in [9.17, 15) is 9.59 Å². The summed E-state index contributed by atoms with van der Waals surface area (Å²) in [6.45, 7) is 3.63. The molecular weight excluding hydrogens is 268 g/mol. The minimum Gasteiger partial charge on any atom is -0.368 e. The molecule has 0 bridgehead atoms. The Labute approximate surface area is 124 Å². The van der Waals surface area contributed by atoms with E-state index < -0.39 is 6.04 Å². The highest BCUT2D eigenvalue weighted by molar-refractivity contribution is 5.91. The molecule has 5 heteroatoms. The molecule has 0 aliphatic carbocycles. The average molecular weight is 288 g/mol. The molecule has 1 N–H and O–H groups in total. The van der Waals surface area contributed by atoms with Crippen LogP contribution in [0, 0.1) is 6.92 Å². The number of nitrogens with one attached hydrogen (secondary N) is 1. The maximum absolute atomic E-state index is 12.7. The van der Waals surface area contributed by atoms with E-state index in [-0.39, 0.29) is 17.9 Å². The zero-order chi connectivity index (χ0) is 14.8. The Kier molecular flexibility index (Phi) is 3.92. The van der Waals surface area contributed by atoms with Gasteiger partial charge >= 0.3 is 0 Å². The van der Waals surface area contributed by atoms with Gasteiger partial charge < -0.3 is 15.0 Å². The predicted octanol–water partition coefficient (Wildman–Crippen LogP) is 1.17. The van der Waals surface area contributed by atoms with E-state index in [0.717, 1.165) is 24.0 Å². The Balaban J connectivity index is 1.91. The number of aryl methyl sites for hydroxylation is 1. The van der Waals surface area contributed by atoms with Crippen molar-refractivity contribution in [3.05, 3.63) is 35.4 Å². The molecule has 2 fully saturated rings. The monoisotopic (exact) mass is 288 g/mol. The van der Waals surface area contributed by atoms with E-state index in [2.05, 4.69) is 5.32 Å². The molecule has 2 aliphatic rings. The summed E-state index contributed by atoms with van der Waals surface area (Å²) in [6, 6.07) is 7.17. The van der Waals surface area contributed by atoms with Gasteiger partial charge in [-0.1, -0.05) is 24.3 Å². The number of rotatable bonds is 2.